The van der Waals surface area contributed by atoms with Crippen LogP contribution in [0.4, 0.5) is 0 Å². The van der Waals surface area contributed by atoms with Crippen molar-refractivity contribution >= 4 is 37.8 Å². The summed E-state index contributed by atoms with van der Waals surface area (Å²) >= 11 is 6.65. The molecule has 3 nitrogen and oxygen atoms in total. The highest BCUT2D eigenvalue weighted by Crippen LogP contribution is 2.29. The summed E-state index contributed by atoms with van der Waals surface area (Å²) in [5.41, 5.74) is 0. The first-order chi connectivity index (χ1) is 7.54. The number of hydrogen-bond donors (Lipinski definition) is 1. The highest BCUT2D eigenvalue weighted by Gasteiger charge is 2.19. The summed E-state index contributed by atoms with van der Waals surface area (Å²) in [4.78, 5) is 10.9. The first kappa shape index (κ1) is 13.5. The Hall–Kier alpha value is -0.550. The third-order valence-electron chi connectivity index (χ3n) is 1.99. The SMILES string of the molecule is CCCC(Oc1ccc(Br)cc1Br)C(=O)O. The van der Waals surface area contributed by atoms with Gasteiger partial charge in [0.15, 0.2) is 6.10 Å². The first-order valence-electron chi connectivity index (χ1n) is 4.89. The minimum atomic E-state index is -0.934. The highest BCUT2D eigenvalue weighted by molar-refractivity contribution is 9.11. The van der Waals surface area contributed by atoms with Crippen LogP contribution < -0.4 is 4.74 Å². The Labute approximate surface area is 111 Å². The van der Waals surface area contributed by atoms with Gasteiger partial charge in [-0.2, -0.15) is 0 Å². The molecule has 0 aliphatic rings. The minimum absolute atomic E-state index is 0.498. The third kappa shape index (κ3) is 3.79. The van der Waals surface area contributed by atoms with E-state index >= 15 is 0 Å². The van der Waals surface area contributed by atoms with E-state index in [0.717, 1.165) is 15.4 Å². The van der Waals surface area contributed by atoms with Crippen LogP contribution in [0.1, 0.15) is 19.8 Å². The number of halogens is 2. The Morgan fingerprint density at radius 1 is 1.50 bits per heavy atom. The van der Waals surface area contributed by atoms with Crippen molar-refractivity contribution in [3.8, 4) is 5.75 Å². The van der Waals surface area contributed by atoms with E-state index in [2.05, 4.69) is 31.9 Å². The second-order valence-corrected chi connectivity index (χ2v) is 5.08. The van der Waals surface area contributed by atoms with Crippen molar-refractivity contribution in [2.45, 2.75) is 25.9 Å². The van der Waals surface area contributed by atoms with Crippen molar-refractivity contribution in [3.63, 3.8) is 0 Å². The monoisotopic (exact) mass is 350 g/mol. The van der Waals surface area contributed by atoms with E-state index in [1.165, 1.54) is 0 Å². The Bertz CT molecular complexity index is 379. The van der Waals surface area contributed by atoms with Gasteiger partial charge < -0.3 is 9.84 Å². The van der Waals surface area contributed by atoms with E-state index in [1.807, 2.05) is 19.1 Å². The smallest absolute Gasteiger partial charge is 0.344 e. The maximum Gasteiger partial charge on any atom is 0.344 e. The van der Waals surface area contributed by atoms with Crippen LogP contribution in [0.5, 0.6) is 5.75 Å². The maximum atomic E-state index is 10.9. The molecule has 0 aliphatic carbocycles. The number of benzene rings is 1. The molecule has 1 rings (SSSR count). The van der Waals surface area contributed by atoms with Crippen molar-refractivity contribution in [1.82, 2.24) is 0 Å². The molecular formula is C11H12Br2O3. The lowest BCUT2D eigenvalue weighted by Crippen LogP contribution is -2.26. The molecule has 0 aliphatic heterocycles. The zero-order valence-corrected chi connectivity index (χ0v) is 11.9. The van der Waals surface area contributed by atoms with E-state index in [9.17, 15) is 4.79 Å². The molecule has 16 heavy (non-hydrogen) atoms. The van der Waals surface area contributed by atoms with Gasteiger partial charge in [0.25, 0.3) is 0 Å². The molecule has 0 bridgehead atoms. The Morgan fingerprint density at radius 3 is 2.69 bits per heavy atom. The molecule has 0 heterocycles. The average molecular weight is 352 g/mol. The van der Waals surface area contributed by atoms with Gasteiger partial charge in [-0.1, -0.05) is 29.3 Å². The summed E-state index contributed by atoms with van der Waals surface area (Å²) in [7, 11) is 0. The molecule has 0 radical (unpaired) electrons. The number of carbonyl (C=O) groups is 1. The number of carboxylic acids is 1. The van der Waals surface area contributed by atoms with Crippen molar-refractivity contribution in [2.24, 2.45) is 0 Å². The number of aliphatic carboxylic acids is 1. The number of hydrogen-bond acceptors (Lipinski definition) is 2. The van der Waals surface area contributed by atoms with E-state index in [4.69, 9.17) is 9.84 Å². The zero-order chi connectivity index (χ0) is 12.1. The van der Waals surface area contributed by atoms with Gasteiger partial charge >= 0.3 is 5.97 Å². The molecule has 0 spiro atoms. The molecule has 0 saturated carbocycles. The predicted octanol–water partition coefficient (Wildman–Crippen LogP) is 3.84. The summed E-state index contributed by atoms with van der Waals surface area (Å²) in [6.07, 6.45) is 0.477. The van der Waals surface area contributed by atoms with Gasteiger partial charge in [-0.05, 0) is 40.5 Å². The molecule has 0 aromatic heterocycles. The van der Waals surface area contributed by atoms with Crippen LogP contribution >= 0.6 is 31.9 Å². The van der Waals surface area contributed by atoms with Gasteiger partial charge in [-0.15, -0.1) is 0 Å². The van der Waals surface area contributed by atoms with Gasteiger partial charge in [-0.25, -0.2) is 4.79 Å². The lowest BCUT2D eigenvalue weighted by atomic mass is 10.2. The summed E-state index contributed by atoms with van der Waals surface area (Å²) in [6, 6.07) is 5.37. The normalized spacial score (nSPS) is 12.2. The van der Waals surface area contributed by atoms with Crippen molar-refractivity contribution < 1.29 is 14.6 Å². The molecule has 0 saturated heterocycles. The number of ether oxygens (including phenoxy) is 1. The molecule has 1 atom stereocenters. The Balaban J connectivity index is 2.81. The van der Waals surface area contributed by atoms with Crippen LogP contribution in [-0.2, 0) is 4.79 Å². The van der Waals surface area contributed by atoms with Crippen molar-refractivity contribution in [3.05, 3.63) is 27.1 Å². The third-order valence-corrected chi connectivity index (χ3v) is 3.10. The molecule has 0 amide bonds. The molecule has 1 aromatic carbocycles. The second-order valence-electron chi connectivity index (χ2n) is 3.31. The fraction of sp³-hybridized carbons (Fsp3) is 0.364. The van der Waals surface area contributed by atoms with Crippen LogP contribution in [0.15, 0.2) is 27.1 Å². The topological polar surface area (TPSA) is 46.5 Å². The van der Waals surface area contributed by atoms with Gasteiger partial charge in [0.1, 0.15) is 5.75 Å². The Kier molecular flexibility index (Phi) is 5.28. The molecule has 1 unspecified atom stereocenters. The van der Waals surface area contributed by atoms with Crippen LogP contribution in [-0.4, -0.2) is 17.2 Å². The van der Waals surface area contributed by atoms with Crippen LogP contribution in [0.2, 0.25) is 0 Å². The lowest BCUT2D eigenvalue weighted by Gasteiger charge is -2.15. The molecule has 88 valence electrons. The molecule has 5 heteroatoms. The fourth-order valence-corrected chi connectivity index (χ4v) is 2.36. The lowest BCUT2D eigenvalue weighted by molar-refractivity contribution is -0.145. The van der Waals surface area contributed by atoms with E-state index < -0.39 is 12.1 Å². The largest absolute Gasteiger partial charge is 0.479 e. The highest BCUT2D eigenvalue weighted by atomic mass is 79.9. The minimum Gasteiger partial charge on any atom is -0.479 e. The number of rotatable bonds is 5. The molecule has 1 aromatic rings. The van der Waals surface area contributed by atoms with Gasteiger partial charge in [0.2, 0.25) is 0 Å². The molecule has 0 fully saturated rings. The van der Waals surface area contributed by atoms with Crippen LogP contribution in [0.3, 0.4) is 0 Å². The van der Waals surface area contributed by atoms with Crippen LogP contribution in [0, 0.1) is 0 Å². The summed E-state index contributed by atoms with van der Waals surface area (Å²) in [5.74, 6) is -0.388. The number of carboxylic acid groups (broad SMARTS) is 1. The van der Waals surface area contributed by atoms with Crippen molar-refractivity contribution in [2.75, 3.05) is 0 Å². The zero-order valence-electron chi connectivity index (χ0n) is 8.74. The fourth-order valence-electron chi connectivity index (χ4n) is 1.22. The Morgan fingerprint density at radius 2 is 2.19 bits per heavy atom. The predicted molar refractivity (Wildman–Crippen MR) is 68.8 cm³/mol. The summed E-state index contributed by atoms with van der Waals surface area (Å²) < 4.78 is 7.09. The quantitative estimate of drug-likeness (QED) is 0.876. The first-order valence-corrected chi connectivity index (χ1v) is 6.47. The van der Waals surface area contributed by atoms with Gasteiger partial charge in [0.05, 0.1) is 4.47 Å². The van der Waals surface area contributed by atoms with E-state index in [1.54, 1.807) is 6.07 Å². The van der Waals surface area contributed by atoms with Gasteiger partial charge in [0, 0.05) is 4.47 Å². The van der Waals surface area contributed by atoms with E-state index in [0.29, 0.717) is 12.2 Å². The standard InChI is InChI=1S/C11H12Br2O3/c1-2-3-10(11(14)15)16-9-5-4-7(12)6-8(9)13/h4-6,10H,2-3H2,1H3,(H,14,15). The van der Waals surface area contributed by atoms with Gasteiger partial charge in [-0.3, -0.25) is 0 Å². The summed E-state index contributed by atoms with van der Waals surface area (Å²) in [5, 5.41) is 8.96. The second kappa shape index (κ2) is 6.25. The maximum absolute atomic E-state index is 10.9. The van der Waals surface area contributed by atoms with Crippen molar-refractivity contribution in [1.29, 1.82) is 0 Å². The molecular weight excluding hydrogens is 340 g/mol. The van der Waals surface area contributed by atoms with E-state index in [-0.39, 0.29) is 0 Å². The average Bonchev–Trinajstić information content (AvgIpc) is 2.20. The molecule has 1 N–H and O–H groups in total. The van der Waals surface area contributed by atoms with Crippen LogP contribution in [0.25, 0.3) is 0 Å². The summed E-state index contributed by atoms with van der Waals surface area (Å²) in [6.45, 7) is 1.93.